The lowest BCUT2D eigenvalue weighted by molar-refractivity contribution is 0.414. The number of hydrogen-bond donors (Lipinski definition) is 2. The molecule has 2 aromatic carbocycles. The van der Waals surface area contributed by atoms with Gasteiger partial charge in [0.25, 0.3) is 0 Å². The molecule has 0 aliphatic heterocycles. The fourth-order valence-corrected chi connectivity index (χ4v) is 3.35. The number of para-hydroxylation sites is 1. The predicted octanol–water partition coefficient (Wildman–Crippen LogP) is 5.12. The van der Waals surface area contributed by atoms with Gasteiger partial charge in [-0.3, -0.25) is 0 Å². The van der Waals surface area contributed by atoms with Crippen LogP contribution in [0.2, 0.25) is 0 Å². The number of aromatic hydroxyl groups is 2. The molecule has 0 radical (unpaired) electrons. The maximum absolute atomic E-state index is 10.3. The zero-order valence-corrected chi connectivity index (χ0v) is 12.5. The van der Waals surface area contributed by atoms with Crippen molar-refractivity contribution in [2.24, 2.45) is 0 Å². The molecule has 0 unspecified atom stereocenters. The minimum atomic E-state index is 0.331. The number of phenolic OH excluding ortho intramolecular Hbond substituents is 2. The summed E-state index contributed by atoms with van der Waals surface area (Å²) in [5, 5.41) is 20.5. The minimum Gasteiger partial charge on any atom is -0.508 e. The molecule has 1 saturated carbocycles. The van der Waals surface area contributed by atoms with Gasteiger partial charge in [0.1, 0.15) is 11.5 Å². The molecule has 0 heterocycles. The molecule has 21 heavy (non-hydrogen) atoms. The van der Waals surface area contributed by atoms with Crippen molar-refractivity contribution in [3.8, 4) is 22.6 Å². The average Bonchev–Trinajstić information content (AvgIpc) is 2.52. The number of rotatable bonds is 2. The highest BCUT2D eigenvalue weighted by Crippen LogP contribution is 2.40. The molecule has 2 heteroatoms. The summed E-state index contributed by atoms with van der Waals surface area (Å²) in [5.41, 5.74) is 3.73. The predicted molar refractivity (Wildman–Crippen MR) is 85.8 cm³/mol. The van der Waals surface area contributed by atoms with E-state index in [0.29, 0.717) is 17.4 Å². The number of hydrogen-bond acceptors (Lipinski definition) is 2. The molecule has 2 N–H and O–H groups in total. The third kappa shape index (κ3) is 2.76. The van der Waals surface area contributed by atoms with E-state index in [-0.39, 0.29) is 0 Å². The van der Waals surface area contributed by atoms with Crippen molar-refractivity contribution >= 4 is 0 Å². The second-order valence-electron chi connectivity index (χ2n) is 6.08. The summed E-state index contributed by atoms with van der Waals surface area (Å²) in [7, 11) is 0. The van der Waals surface area contributed by atoms with Crippen molar-refractivity contribution in [2.45, 2.75) is 44.9 Å². The fraction of sp³-hybridized carbons (Fsp3) is 0.368. The summed E-state index contributed by atoms with van der Waals surface area (Å²) >= 11 is 0. The van der Waals surface area contributed by atoms with Crippen LogP contribution in [0, 0.1) is 6.92 Å². The fourth-order valence-electron chi connectivity index (χ4n) is 3.35. The van der Waals surface area contributed by atoms with Gasteiger partial charge >= 0.3 is 0 Å². The molecule has 1 fully saturated rings. The summed E-state index contributed by atoms with van der Waals surface area (Å²) in [5.74, 6) is 1.17. The highest BCUT2D eigenvalue weighted by atomic mass is 16.3. The molecule has 0 atom stereocenters. The largest absolute Gasteiger partial charge is 0.508 e. The van der Waals surface area contributed by atoms with Gasteiger partial charge in [0.05, 0.1) is 0 Å². The molecule has 1 aliphatic carbocycles. The minimum absolute atomic E-state index is 0.331. The molecule has 2 aromatic rings. The van der Waals surface area contributed by atoms with Crippen LogP contribution in [0.25, 0.3) is 11.1 Å². The molecule has 0 spiro atoms. The summed E-state index contributed by atoms with van der Waals surface area (Å²) < 4.78 is 0. The molecular formula is C19H22O2. The van der Waals surface area contributed by atoms with Crippen molar-refractivity contribution in [2.75, 3.05) is 0 Å². The smallest absolute Gasteiger partial charge is 0.126 e. The van der Waals surface area contributed by atoms with Gasteiger partial charge in [-0.15, -0.1) is 0 Å². The Bertz CT molecular complexity index is 640. The summed E-state index contributed by atoms with van der Waals surface area (Å²) in [6, 6.07) is 11.5. The van der Waals surface area contributed by atoms with E-state index in [2.05, 4.69) is 6.07 Å². The van der Waals surface area contributed by atoms with E-state index in [0.717, 1.165) is 35.1 Å². The van der Waals surface area contributed by atoms with Crippen molar-refractivity contribution < 1.29 is 10.2 Å². The Hall–Kier alpha value is -1.96. The van der Waals surface area contributed by atoms with E-state index in [1.54, 1.807) is 6.07 Å². The van der Waals surface area contributed by atoms with Crippen molar-refractivity contribution in [1.29, 1.82) is 0 Å². The Morgan fingerprint density at radius 3 is 2.48 bits per heavy atom. The molecular weight excluding hydrogens is 260 g/mol. The van der Waals surface area contributed by atoms with Gasteiger partial charge in [0, 0.05) is 5.56 Å². The third-order valence-electron chi connectivity index (χ3n) is 4.62. The van der Waals surface area contributed by atoms with E-state index >= 15 is 0 Å². The van der Waals surface area contributed by atoms with Gasteiger partial charge in [-0.2, -0.15) is 0 Å². The first kappa shape index (κ1) is 14.0. The van der Waals surface area contributed by atoms with Crippen LogP contribution in [0.15, 0.2) is 36.4 Å². The first-order valence-corrected chi connectivity index (χ1v) is 7.78. The monoisotopic (exact) mass is 282 g/mol. The standard InChI is InChI=1S/C19H22O2/c1-13-6-5-9-16(19(13)21)15-10-11-18(20)17(12-15)14-7-3-2-4-8-14/h5-6,9-12,14,20-21H,2-4,7-8H2,1H3. The second-order valence-corrected chi connectivity index (χ2v) is 6.08. The Morgan fingerprint density at radius 1 is 0.952 bits per heavy atom. The first-order chi connectivity index (χ1) is 10.2. The number of aryl methyl sites for hydroxylation is 1. The van der Waals surface area contributed by atoms with Crippen LogP contribution in [-0.4, -0.2) is 10.2 Å². The lowest BCUT2D eigenvalue weighted by atomic mass is 9.82. The van der Waals surface area contributed by atoms with Crippen LogP contribution in [0.1, 0.15) is 49.1 Å². The van der Waals surface area contributed by atoms with E-state index < -0.39 is 0 Å². The lowest BCUT2D eigenvalue weighted by Crippen LogP contribution is -2.04. The van der Waals surface area contributed by atoms with Crippen molar-refractivity contribution in [1.82, 2.24) is 0 Å². The maximum Gasteiger partial charge on any atom is 0.126 e. The van der Waals surface area contributed by atoms with Crippen LogP contribution in [0.4, 0.5) is 0 Å². The maximum atomic E-state index is 10.3. The summed E-state index contributed by atoms with van der Waals surface area (Å²) in [6.07, 6.45) is 6.08. The molecule has 110 valence electrons. The zero-order valence-electron chi connectivity index (χ0n) is 12.5. The zero-order chi connectivity index (χ0) is 14.8. The van der Waals surface area contributed by atoms with Crippen LogP contribution in [0.5, 0.6) is 11.5 Å². The molecule has 2 nitrogen and oxygen atoms in total. The second kappa shape index (κ2) is 5.80. The normalized spacial score (nSPS) is 16.0. The number of benzene rings is 2. The van der Waals surface area contributed by atoms with Gasteiger partial charge in [-0.1, -0.05) is 43.5 Å². The average molecular weight is 282 g/mol. The number of phenols is 2. The van der Waals surface area contributed by atoms with Crippen molar-refractivity contribution in [3.05, 3.63) is 47.5 Å². The lowest BCUT2D eigenvalue weighted by Gasteiger charge is -2.23. The van der Waals surface area contributed by atoms with Gasteiger partial charge in [-0.25, -0.2) is 0 Å². The van der Waals surface area contributed by atoms with Crippen LogP contribution in [0.3, 0.4) is 0 Å². The van der Waals surface area contributed by atoms with E-state index in [9.17, 15) is 10.2 Å². The highest BCUT2D eigenvalue weighted by molar-refractivity contribution is 5.73. The highest BCUT2D eigenvalue weighted by Gasteiger charge is 2.19. The van der Waals surface area contributed by atoms with Gasteiger partial charge in [0.15, 0.2) is 0 Å². The Morgan fingerprint density at radius 2 is 1.71 bits per heavy atom. The summed E-state index contributed by atoms with van der Waals surface area (Å²) in [4.78, 5) is 0. The molecule has 0 aromatic heterocycles. The Balaban J connectivity index is 2.02. The van der Waals surface area contributed by atoms with E-state index in [1.165, 1.54) is 19.3 Å². The van der Waals surface area contributed by atoms with Gasteiger partial charge in [0.2, 0.25) is 0 Å². The van der Waals surface area contributed by atoms with E-state index in [1.807, 2.05) is 31.2 Å². The topological polar surface area (TPSA) is 40.5 Å². The molecule has 0 amide bonds. The Kier molecular flexibility index (Phi) is 3.87. The van der Waals surface area contributed by atoms with Crippen LogP contribution < -0.4 is 0 Å². The third-order valence-corrected chi connectivity index (χ3v) is 4.62. The quantitative estimate of drug-likeness (QED) is 0.802. The van der Waals surface area contributed by atoms with Crippen molar-refractivity contribution in [3.63, 3.8) is 0 Å². The molecule has 0 saturated heterocycles. The van der Waals surface area contributed by atoms with Gasteiger partial charge < -0.3 is 10.2 Å². The van der Waals surface area contributed by atoms with Crippen LogP contribution in [-0.2, 0) is 0 Å². The van der Waals surface area contributed by atoms with Gasteiger partial charge in [-0.05, 0) is 54.5 Å². The van der Waals surface area contributed by atoms with Crippen LogP contribution >= 0.6 is 0 Å². The molecule has 3 rings (SSSR count). The first-order valence-electron chi connectivity index (χ1n) is 7.78. The summed E-state index contributed by atoms with van der Waals surface area (Å²) in [6.45, 7) is 1.90. The SMILES string of the molecule is Cc1cccc(-c2ccc(O)c(C3CCCCC3)c2)c1O. The van der Waals surface area contributed by atoms with E-state index in [4.69, 9.17) is 0 Å². The Labute approximate surface area is 126 Å². The molecule has 0 bridgehead atoms. The molecule has 1 aliphatic rings.